The minimum absolute atomic E-state index is 0.0162. The molecule has 3 nitrogen and oxygen atoms in total. The van der Waals surface area contributed by atoms with Crippen LogP contribution in [0.5, 0.6) is 0 Å². The van der Waals surface area contributed by atoms with Gasteiger partial charge >= 0.3 is 0 Å². The molecule has 0 aliphatic heterocycles. The van der Waals surface area contributed by atoms with E-state index in [0.29, 0.717) is 5.71 Å². The van der Waals surface area contributed by atoms with Gasteiger partial charge in [0, 0.05) is 23.9 Å². The van der Waals surface area contributed by atoms with E-state index in [-0.39, 0.29) is 5.41 Å². The van der Waals surface area contributed by atoms with Crippen molar-refractivity contribution in [3.05, 3.63) is 24.2 Å². The Kier molecular flexibility index (Phi) is 1.62. The molecule has 0 aliphatic carbocycles. The van der Waals surface area contributed by atoms with Gasteiger partial charge in [-0.2, -0.15) is 0 Å². The van der Waals surface area contributed by atoms with Crippen molar-refractivity contribution in [3.63, 3.8) is 0 Å². The Morgan fingerprint density at radius 3 is 2.46 bits per heavy atom. The van der Waals surface area contributed by atoms with Crippen LogP contribution in [0.2, 0.25) is 0 Å². The molecule has 2 aromatic rings. The van der Waals surface area contributed by atoms with E-state index in [1.54, 1.807) is 12.4 Å². The van der Waals surface area contributed by atoms with Crippen LogP contribution in [0.1, 0.15) is 26.5 Å². The molecule has 68 valence electrons. The second kappa shape index (κ2) is 2.55. The SMILES string of the molecule is CC(C)(C)c1cc2nccnc2o1. The highest BCUT2D eigenvalue weighted by atomic mass is 16.3. The van der Waals surface area contributed by atoms with Crippen molar-refractivity contribution in [1.82, 2.24) is 9.97 Å². The Balaban J connectivity index is 2.63. The van der Waals surface area contributed by atoms with E-state index in [9.17, 15) is 0 Å². The van der Waals surface area contributed by atoms with E-state index in [0.717, 1.165) is 11.3 Å². The maximum atomic E-state index is 5.56. The third kappa shape index (κ3) is 1.41. The minimum Gasteiger partial charge on any atom is -0.441 e. The minimum atomic E-state index is 0.0162. The predicted molar refractivity (Wildman–Crippen MR) is 50.5 cm³/mol. The van der Waals surface area contributed by atoms with Crippen LogP contribution in [0.25, 0.3) is 11.2 Å². The van der Waals surface area contributed by atoms with E-state index in [1.165, 1.54) is 0 Å². The summed E-state index contributed by atoms with van der Waals surface area (Å²) < 4.78 is 5.56. The summed E-state index contributed by atoms with van der Waals surface area (Å²) in [6.07, 6.45) is 3.31. The molecule has 0 saturated carbocycles. The second-order valence-electron chi connectivity index (χ2n) is 4.11. The molecule has 0 bridgehead atoms. The normalized spacial score (nSPS) is 12.2. The molecule has 0 unspecified atom stereocenters. The van der Waals surface area contributed by atoms with Crippen molar-refractivity contribution in [2.45, 2.75) is 26.2 Å². The molecular formula is C10H12N2O. The monoisotopic (exact) mass is 176 g/mol. The molecule has 0 N–H and O–H groups in total. The zero-order valence-corrected chi connectivity index (χ0v) is 8.03. The summed E-state index contributed by atoms with van der Waals surface area (Å²) in [5.41, 5.74) is 1.46. The predicted octanol–water partition coefficient (Wildman–Crippen LogP) is 2.52. The zero-order chi connectivity index (χ0) is 9.47. The molecule has 0 aliphatic rings. The molecule has 0 saturated heterocycles. The lowest BCUT2D eigenvalue weighted by molar-refractivity contribution is 0.426. The van der Waals surface area contributed by atoms with Gasteiger partial charge < -0.3 is 4.42 Å². The van der Waals surface area contributed by atoms with Gasteiger partial charge in [-0.15, -0.1) is 0 Å². The van der Waals surface area contributed by atoms with Crippen LogP contribution in [0.3, 0.4) is 0 Å². The topological polar surface area (TPSA) is 38.9 Å². The average molecular weight is 176 g/mol. The standard InChI is InChI=1S/C10H12N2O/c1-10(2,3)8-6-7-9(13-8)12-5-4-11-7/h4-6H,1-3H3. The first-order chi connectivity index (χ1) is 6.07. The van der Waals surface area contributed by atoms with Gasteiger partial charge in [0.05, 0.1) is 0 Å². The quantitative estimate of drug-likeness (QED) is 0.619. The van der Waals surface area contributed by atoms with Crippen molar-refractivity contribution < 1.29 is 4.42 Å². The van der Waals surface area contributed by atoms with Crippen LogP contribution in [-0.4, -0.2) is 9.97 Å². The molecule has 2 rings (SSSR count). The maximum Gasteiger partial charge on any atom is 0.245 e. The number of hydrogen-bond donors (Lipinski definition) is 0. The highest BCUT2D eigenvalue weighted by Gasteiger charge is 2.19. The van der Waals surface area contributed by atoms with Crippen LogP contribution < -0.4 is 0 Å². The number of hydrogen-bond acceptors (Lipinski definition) is 3. The summed E-state index contributed by atoms with van der Waals surface area (Å²) in [7, 11) is 0. The number of furan rings is 1. The van der Waals surface area contributed by atoms with Crippen molar-refractivity contribution in [3.8, 4) is 0 Å². The molecule has 0 spiro atoms. The van der Waals surface area contributed by atoms with Gasteiger partial charge in [-0.25, -0.2) is 9.97 Å². The lowest BCUT2D eigenvalue weighted by atomic mass is 9.93. The summed E-state index contributed by atoms with van der Waals surface area (Å²) >= 11 is 0. The summed E-state index contributed by atoms with van der Waals surface area (Å²) in [5.74, 6) is 0.925. The molecule has 13 heavy (non-hydrogen) atoms. The van der Waals surface area contributed by atoms with Gasteiger partial charge in [0.15, 0.2) is 0 Å². The zero-order valence-electron chi connectivity index (χ0n) is 8.03. The third-order valence-corrected chi connectivity index (χ3v) is 1.90. The first-order valence-electron chi connectivity index (χ1n) is 4.28. The Bertz CT molecular complexity index is 393. The average Bonchev–Trinajstić information content (AvgIpc) is 2.45. The van der Waals surface area contributed by atoms with E-state index in [2.05, 4.69) is 30.7 Å². The number of fused-ring (bicyclic) bond motifs is 1. The first-order valence-corrected chi connectivity index (χ1v) is 4.28. The summed E-state index contributed by atoms with van der Waals surface area (Å²) in [6, 6.07) is 1.95. The molecule has 0 atom stereocenters. The van der Waals surface area contributed by atoms with Gasteiger partial charge in [0.2, 0.25) is 5.71 Å². The lowest BCUT2D eigenvalue weighted by Crippen LogP contribution is -2.08. The Morgan fingerprint density at radius 2 is 1.85 bits per heavy atom. The van der Waals surface area contributed by atoms with Crippen molar-refractivity contribution >= 4 is 11.2 Å². The van der Waals surface area contributed by atoms with Crippen LogP contribution in [-0.2, 0) is 5.41 Å². The molecule has 0 fully saturated rings. The molecule has 0 amide bonds. The molecule has 2 heterocycles. The van der Waals surface area contributed by atoms with E-state index >= 15 is 0 Å². The summed E-state index contributed by atoms with van der Waals surface area (Å²) in [6.45, 7) is 6.31. The van der Waals surface area contributed by atoms with Gasteiger partial charge in [0.25, 0.3) is 0 Å². The third-order valence-electron chi connectivity index (χ3n) is 1.90. The number of nitrogens with zero attached hydrogens (tertiary/aromatic N) is 2. The van der Waals surface area contributed by atoms with Crippen molar-refractivity contribution in [2.75, 3.05) is 0 Å². The van der Waals surface area contributed by atoms with E-state index in [1.807, 2.05) is 6.07 Å². The lowest BCUT2D eigenvalue weighted by Gasteiger charge is -2.13. The molecule has 3 heteroatoms. The largest absolute Gasteiger partial charge is 0.441 e. The highest BCUT2D eigenvalue weighted by molar-refractivity contribution is 5.68. The van der Waals surface area contributed by atoms with Crippen LogP contribution in [0.15, 0.2) is 22.9 Å². The number of aromatic nitrogens is 2. The molecular weight excluding hydrogens is 164 g/mol. The van der Waals surface area contributed by atoms with Crippen LogP contribution >= 0.6 is 0 Å². The highest BCUT2D eigenvalue weighted by Crippen LogP contribution is 2.26. The summed E-state index contributed by atoms with van der Waals surface area (Å²) in [5, 5.41) is 0. The smallest absolute Gasteiger partial charge is 0.245 e. The van der Waals surface area contributed by atoms with Crippen LogP contribution in [0.4, 0.5) is 0 Å². The molecule has 0 radical (unpaired) electrons. The van der Waals surface area contributed by atoms with Gasteiger partial charge in [-0.1, -0.05) is 20.8 Å². The van der Waals surface area contributed by atoms with E-state index in [4.69, 9.17) is 4.42 Å². The maximum absolute atomic E-state index is 5.56. The van der Waals surface area contributed by atoms with E-state index < -0.39 is 0 Å². The fourth-order valence-corrected chi connectivity index (χ4v) is 1.14. The Labute approximate surface area is 76.8 Å². The fourth-order valence-electron chi connectivity index (χ4n) is 1.14. The van der Waals surface area contributed by atoms with Crippen LogP contribution in [0, 0.1) is 0 Å². The second-order valence-corrected chi connectivity index (χ2v) is 4.11. The fraction of sp³-hybridized carbons (Fsp3) is 0.400. The molecule has 2 aromatic heterocycles. The first kappa shape index (κ1) is 8.23. The number of rotatable bonds is 0. The molecule has 0 aromatic carbocycles. The van der Waals surface area contributed by atoms with Gasteiger partial charge in [-0.05, 0) is 0 Å². The van der Waals surface area contributed by atoms with Crippen molar-refractivity contribution in [1.29, 1.82) is 0 Å². The Morgan fingerprint density at radius 1 is 1.15 bits per heavy atom. The summed E-state index contributed by atoms with van der Waals surface area (Å²) in [4.78, 5) is 8.25. The Hall–Kier alpha value is -1.38. The van der Waals surface area contributed by atoms with Crippen molar-refractivity contribution in [2.24, 2.45) is 0 Å². The van der Waals surface area contributed by atoms with Gasteiger partial charge in [-0.3, -0.25) is 0 Å². The van der Waals surface area contributed by atoms with Gasteiger partial charge in [0.1, 0.15) is 11.3 Å².